The van der Waals surface area contributed by atoms with Crippen LogP contribution in [-0.2, 0) is 4.79 Å². The highest BCUT2D eigenvalue weighted by Gasteiger charge is 2.28. The van der Waals surface area contributed by atoms with E-state index in [1.807, 2.05) is 13.8 Å². The van der Waals surface area contributed by atoms with Gasteiger partial charge in [0.05, 0.1) is 5.56 Å². The van der Waals surface area contributed by atoms with Crippen LogP contribution in [0.2, 0.25) is 0 Å². The Morgan fingerprint density at radius 1 is 1.30 bits per heavy atom. The summed E-state index contributed by atoms with van der Waals surface area (Å²) < 4.78 is 0. The Morgan fingerprint density at radius 2 is 2.09 bits per heavy atom. The number of nitrogens with zero attached hydrogens (tertiary/aromatic N) is 1. The second-order valence-corrected chi connectivity index (χ2v) is 6.35. The molecule has 0 saturated heterocycles. The standard InChI is InChI=1S/C17H26N4O2/c1-11(2)20-16(22)12-6-4-7-13(10-12)21-15-14(17(23)18-3)8-5-9-19-15/h5,8-9,11-13H,4,6-7,10H2,1-3H3,(H,18,23)(H,19,21)(H,20,22)/t12-,13+/m0/s1. The highest BCUT2D eigenvalue weighted by atomic mass is 16.2. The summed E-state index contributed by atoms with van der Waals surface area (Å²) in [5.74, 6) is 0.571. The summed E-state index contributed by atoms with van der Waals surface area (Å²) in [7, 11) is 1.60. The van der Waals surface area contributed by atoms with Crippen LogP contribution in [0.25, 0.3) is 0 Å². The fourth-order valence-electron chi connectivity index (χ4n) is 2.99. The molecule has 0 aliphatic heterocycles. The van der Waals surface area contributed by atoms with Crippen molar-refractivity contribution in [1.29, 1.82) is 0 Å². The second kappa shape index (κ2) is 7.94. The van der Waals surface area contributed by atoms with E-state index in [9.17, 15) is 9.59 Å². The smallest absolute Gasteiger partial charge is 0.254 e. The van der Waals surface area contributed by atoms with E-state index in [1.165, 1.54) is 0 Å². The van der Waals surface area contributed by atoms with Gasteiger partial charge in [-0.25, -0.2) is 4.98 Å². The highest BCUT2D eigenvalue weighted by Crippen LogP contribution is 2.27. The normalized spacial score (nSPS) is 20.9. The monoisotopic (exact) mass is 318 g/mol. The Kier molecular flexibility index (Phi) is 5.96. The van der Waals surface area contributed by atoms with Crippen LogP contribution in [0.15, 0.2) is 18.3 Å². The van der Waals surface area contributed by atoms with Gasteiger partial charge in [-0.15, -0.1) is 0 Å². The largest absolute Gasteiger partial charge is 0.367 e. The summed E-state index contributed by atoms with van der Waals surface area (Å²) in [6.07, 6.45) is 5.33. The van der Waals surface area contributed by atoms with E-state index < -0.39 is 0 Å². The fraction of sp³-hybridized carbons (Fsp3) is 0.588. The molecule has 1 fully saturated rings. The lowest BCUT2D eigenvalue weighted by molar-refractivity contribution is -0.126. The molecule has 1 aromatic heterocycles. The number of nitrogens with one attached hydrogen (secondary N) is 3. The summed E-state index contributed by atoms with van der Waals surface area (Å²) in [5.41, 5.74) is 0.531. The van der Waals surface area contributed by atoms with Crippen molar-refractivity contribution in [1.82, 2.24) is 15.6 Å². The molecule has 6 nitrogen and oxygen atoms in total. The molecule has 1 aliphatic rings. The first-order chi connectivity index (χ1) is 11.0. The SMILES string of the molecule is CNC(=O)c1cccnc1N[C@@H]1CCC[C@H](C(=O)NC(C)C)C1. The molecule has 2 amide bonds. The van der Waals surface area contributed by atoms with E-state index in [4.69, 9.17) is 0 Å². The second-order valence-electron chi connectivity index (χ2n) is 6.35. The third kappa shape index (κ3) is 4.68. The predicted octanol–water partition coefficient (Wildman–Crippen LogP) is 1.94. The van der Waals surface area contributed by atoms with E-state index >= 15 is 0 Å². The predicted molar refractivity (Wildman–Crippen MR) is 90.3 cm³/mol. The molecule has 6 heteroatoms. The number of anilines is 1. The number of carbonyl (C=O) groups excluding carboxylic acids is 2. The first-order valence-corrected chi connectivity index (χ1v) is 8.25. The van der Waals surface area contributed by atoms with Crippen molar-refractivity contribution >= 4 is 17.6 Å². The van der Waals surface area contributed by atoms with E-state index in [2.05, 4.69) is 20.9 Å². The van der Waals surface area contributed by atoms with Gasteiger partial charge >= 0.3 is 0 Å². The van der Waals surface area contributed by atoms with Crippen molar-refractivity contribution in [2.24, 2.45) is 5.92 Å². The van der Waals surface area contributed by atoms with Crippen molar-refractivity contribution < 1.29 is 9.59 Å². The maximum atomic E-state index is 12.2. The molecule has 1 heterocycles. The maximum Gasteiger partial charge on any atom is 0.254 e. The number of rotatable bonds is 5. The fourth-order valence-corrected chi connectivity index (χ4v) is 2.99. The first-order valence-electron chi connectivity index (χ1n) is 8.25. The molecular formula is C17H26N4O2. The Balaban J connectivity index is 2.03. The number of carbonyl (C=O) groups is 2. The van der Waals surface area contributed by atoms with Gasteiger partial charge in [-0.05, 0) is 45.2 Å². The Labute approximate surface area is 137 Å². The van der Waals surface area contributed by atoms with Gasteiger partial charge in [-0.2, -0.15) is 0 Å². The lowest BCUT2D eigenvalue weighted by atomic mass is 9.85. The van der Waals surface area contributed by atoms with Gasteiger partial charge in [0.15, 0.2) is 0 Å². The van der Waals surface area contributed by atoms with Gasteiger partial charge in [0.2, 0.25) is 5.91 Å². The quantitative estimate of drug-likeness (QED) is 0.775. The zero-order valence-corrected chi connectivity index (χ0v) is 14.1. The van der Waals surface area contributed by atoms with Gasteiger partial charge in [0.1, 0.15) is 5.82 Å². The number of hydrogen-bond donors (Lipinski definition) is 3. The molecule has 1 aliphatic carbocycles. The average Bonchev–Trinajstić information content (AvgIpc) is 2.54. The molecule has 126 valence electrons. The topological polar surface area (TPSA) is 83.1 Å². The van der Waals surface area contributed by atoms with Crippen molar-refractivity contribution in [2.45, 2.75) is 51.6 Å². The van der Waals surface area contributed by atoms with Crippen LogP contribution < -0.4 is 16.0 Å². The molecular weight excluding hydrogens is 292 g/mol. The molecule has 0 aromatic carbocycles. The molecule has 0 bridgehead atoms. The van der Waals surface area contributed by atoms with Crippen LogP contribution in [-0.4, -0.2) is 35.9 Å². The van der Waals surface area contributed by atoms with E-state index in [0.717, 1.165) is 25.7 Å². The number of hydrogen-bond acceptors (Lipinski definition) is 4. The third-order valence-electron chi connectivity index (χ3n) is 4.10. The van der Waals surface area contributed by atoms with Gasteiger partial charge in [-0.3, -0.25) is 9.59 Å². The summed E-state index contributed by atoms with van der Waals surface area (Å²) in [6, 6.07) is 3.81. The van der Waals surface area contributed by atoms with Gasteiger partial charge in [0, 0.05) is 31.2 Å². The molecule has 0 unspecified atom stereocenters. The average molecular weight is 318 g/mol. The molecule has 0 radical (unpaired) electrons. The summed E-state index contributed by atoms with van der Waals surface area (Å²) in [4.78, 5) is 28.4. The molecule has 2 rings (SSSR count). The van der Waals surface area contributed by atoms with E-state index in [-0.39, 0.29) is 29.8 Å². The lowest BCUT2D eigenvalue weighted by Gasteiger charge is -2.30. The summed E-state index contributed by atoms with van der Waals surface area (Å²) in [6.45, 7) is 3.94. The van der Waals surface area contributed by atoms with Crippen LogP contribution in [0, 0.1) is 5.92 Å². The van der Waals surface area contributed by atoms with E-state index in [0.29, 0.717) is 11.4 Å². The van der Waals surface area contributed by atoms with Crippen LogP contribution in [0.5, 0.6) is 0 Å². The molecule has 1 saturated carbocycles. The molecule has 2 atom stereocenters. The first kappa shape index (κ1) is 17.2. The summed E-state index contributed by atoms with van der Waals surface area (Å²) in [5, 5.41) is 8.96. The van der Waals surface area contributed by atoms with Crippen LogP contribution >= 0.6 is 0 Å². The van der Waals surface area contributed by atoms with Gasteiger partial charge < -0.3 is 16.0 Å². The molecule has 1 aromatic rings. The minimum absolute atomic E-state index is 0.0239. The number of pyridine rings is 1. The van der Waals surface area contributed by atoms with Crippen molar-refractivity contribution in [3.63, 3.8) is 0 Å². The van der Waals surface area contributed by atoms with Gasteiger partial charge in [0.25, 0.3) is 5.91 Å². The molecule has 3 N–H and O–H groups in total. The minimum atomic E-state index is -0.162. The van der Waals surface area contributed by atoms with Crippen LogP contribution in [0.3, 0.4) is 0 Å². The zero-order chi connectivity index (χ0) is 16.8. The number of aromatic nitrogens is 1. The van der Waals surface area contributed by atoms with E-state index in [1.54, 1.807) is 25.4 Å². The van der Waals surface area contributed by atoms with Crippen molar-refractivity contribution in [3.05, 3.63) is 23.9 Å². The third-order valence-corrected chi connectivity index (χ3v) is 4.10. The maximum absolute atomic E-state index is 12.2. The van der Waals surface area contributed by atoms with Crippen molar-refractivity contribution in [3.8, 4) is 0 Å². The lowest BCUT2D eigenvalue weighted by Crippen LogP contribution is -2.40. The molecule has 23 heavy (non-hydrogen) atoms. The Bertz CT molecular complexity index is 559. The highest BCUT2D eigenvalue weighted by molar-refractivity contribution is 5.98. The Morgan fingerprint density at radius 3 is 2.78 bits per heavy atom. The van der Waals surface area contributed by atoms with Crippen LogP contribution in [0.1, 0.15) is 49.9 Å². The zero-order valence-electron chi connectivity index (χ0n) is 14.1. The molecule has 0 spiro atoms. The van der Waals surface area contributed by atoms with Gasteiger partial charge in [-0.1, -0.05) is 6.42 Å². The summed E-state index contributed by atoms with van der Waals surface area (Å²) >= 11 is 0. The van der Waals surface area contributed by atoms with Crippen molar-refractivity contribution in [2.75, 3.05) is 12.4 Å². The minimum Gasteiger partial charge on any atom is -0.367 e. The van der Waals surface area contributed by atoms with Crippen LogP contribution in [0.4, 0.5) is 5.82 Å². The number of amides is 2. The Hall–Kier alpha value is -2.11.